The molecule has 29 heavy (non-hydrogen) atoms. The average molecular weight is 407 g/mol. The van der Waals surface area contributed by atoms with Crippen LogP contribution in [0.15, 0.2) is 42.5 Å². The molecule has 0 spiro atoms. The Labute approximate surface area is 168 Å². The van der Waals surface area contributed by atoms with Gasteiger partial charge >= 0.3 is 0 Å². The van der Waals surface area contributed by atoms with Crippen molar-refractivity contribution in [3.05, 3.63) is 71.0 Å². The lowest BCUT2D eigenvalue weighted by Crippen LogP contribution is -2.51. The van der Waals surface area contributed by atoms with Crippen LogP contribution in [-0.4, -0.2) is 25.2 Å². The Morgan fingerprint density at radius 2 is 1.62 bits per heavy atom. The predicted molar refractivity (Wildman–Crippen MR) is 102 cm³/mol. The summed E-state index contributed by atoms with van der Waals surface area (Å²) in [7, 11) is 1.52. The second kappa shape index (κ2) is 8.97. The summed E-state index contributed by atoms with van der Waals surface area (Å²) in [6.07, 6.45) is -0.143. The third-order valence-corrected chi connectivity index (χ3v) is 5.07. The van der Waals surface area contributed by atoms with Crippen LogP contribution in [0.5, 0.6) is 0 Å². The summed E-state index contributed by atoms with van der Waals surface area (Å²) in [5.74, 6) is -1.95. The number of rotatable bonds is 6. The monoisotopic (exact) mass is 407 g/mol. The van der Waals surface area contributed by atoms with E-state index in [-0.39, 0.29) is 18.1 Å². The number of methoxy groups -OCH3 is 1. The number of hydrogen-bond donors (Lipinski definition) is 1. The highest BCUT2D eigenvalue weighted by Gasteiger charge is 2.40. The van der Waals surface area contributed by atoms with E-state index in [0.29, 0.717) is 25.0 Å². The summed E-state index contributed by atoms with van der Waals surface area (Å²) in [5, 5.41) is 3.01. The van der Waals surface area contributed by atoms with Crippen molar-refractivity contribution in [2.45, 2.75) is 43.9 Å². The largest absolute Gasteiger partial charge is 0.384 e. The van der Waals surface area contributed by atoms with Gasteiger partial charge < -0.3 is 14.8 Å². The molecular weight excluding hydrogens is 383 g/mol. The fourth-order valence-corrected chi connectivity index (χ4v) is 3.72. The summed E-state index contributed by atoms with van der Waals surface area (Å²) < 4.78 is 52.0. The van der Waals surface area contributed by atoms with Crippen LogP contribution in [0.1, 0.15) is 49.5 Å². The van der Waals surface area contributed by atoms with Crippen LogP contribution in [0.3, 0.4) is 0 Å². The van der Waals surface area contributed by atoms with E-state index in [2.05, 4.69) is 5.32 Å². The lowest BCUT2D eigenvalue weighted by molar-refractivity contribution is -0.129. The number of benzene rings is 2. The first-order valence-electron chi connectivity index (χ1n) is 9.45. The molecule has 156 valence electrons. The maximum absolute atomic E-state index is 13.8. The van der Waals surface area contributed by atoms with Gasteiger partial charge in [0, 0.05) is 38.0 Å². The molecule has 4 nitrogen and oxygen atoms in total. The summed E-state index contributed by atoms with van der Waals surface area (Å²) in [4.78, 5) is 12.3. The van der Waals surface area contributed by atoms with Crippen LogP contribution in [0.25, 0.3) is 0 Å². The molecule has 0 bridgehead atoms. The van der Waals surface area contributed by atoms with Crippen molar-refractivity contribution in [2.75, 3.05) is 13.7 Å². The second-order valence-corrected chi connectivity index (χ2v) is 7.63. The smallest absolute Gasteiger partial charge is 0.222 e. The van der Waals surface area contributed by atoms with Gasteiger partial charge in [0.05, 0.1) is 18.8 Å². The summed E-state index contributed by atoms with van der Waals surface area (Å²) >= 11 is 0. The van der Waals surface area contributed by atoms with Crippen LogP contribution in [-0.2, 0) is 14.3 Å². The molecule has 2 aromatic carbocycles. The van der Waals surface area contributed by atoms with Gasteiger partial charge in [0.15, 0.2) is 0 Å². The summed E-state index contributed by atoms with van der Waals surface area (Å²) in [5.41, 5.74) is 0.396. The third kappa shape index (κ3) is 5.58. The lowest BCUT2D eigenvalue weighted by Gasteiger charge is -2.43. The van der Waals surface area contributed by atoms with Gasteiger partial charge in [-0.25, -0.2) is 13.2 Å². The van der Waals surface area contributed by atoms with E-state index in [1.807, 2.05) is 6.92 Å². The molecular formula is C22H24F3NO3. The lowest BCUT2D eigenvalue weighted by atomic mass is 9.81. The first-order chi connectivity index (χ1) is 13.8. The molecule has 0 unspecified atom stereocenters. The Morgan fingerprint density at radius 1 is 1.03 bits per heavy atom. The van der Waals surface area contributed by atoms with Gasteiger partial charge in [0.1, 0.15) is 17.5 Å². The van der Waals surface area contributed by atoms with Crippen molar-refractivity contribution < 1.29 is 27.4 Å². The molecule has 0 aromatic heterocycles. The molecule has 3 atom stereocenters. The fourth-order valence-electron chi connectivity index (χ4n) is 3.72. The van der Waals surface area contributed by atoms with Gasteiger partial charge in [-0.15, -0.1) is 0 Å². The first-order valence-corrected chi connectivity index (χ1v) is 9.45. The van der Waals surface area contributed by atoms with Crippen molar-refractivity contribution in [2.24, 2.45) is 0 Å². The van der Waals surface area contributed by atoms with E-state index in [4.69, 9.17) is 9.47 Å². The summed E-state index contributed by atoms with van der Waals surface area (Å²) in [6.45, 7) is 2.16. The van der Waals surface area contributed by atoms with Crippen molar-refractivity contribution in [3.8, 4) is 0 Å². The van der Waals surface area contributed by atoms with E-state index < -0.39 is 29.4 Å². The topological polar surface area (TPSA) is 47.6 Å². The molecule has 1 aliphatic rings. The first kappa shape index (κ1) is 21.3. The number of carbonyl (C=O) groups excluding carboxylic acids is 1. The van der Waals surface area contributed by atoms with Crippen LogP contribution < -0.4 is 5.32 Å². The SMILES string of the molecule is COCCC(=O)N[C@@]1(C)C[C@@H](c2ccc(F)cc2)O[C@@H](c2cc(F)cc(F)c2)C1. The van der Waals surface area contributed by atoms with Crippen LogP contribution >= 0.6 is 0 Å². The molecule has 1 amide bonds. The average Bonchev–Trinajstić information content (AvgIpc) is 2.65. The molecule has 1 aliphatic heterocycles. The van der Waals surface area contributed by atoms with Crippen molar-refractivity contribution in [1.29, 1.82) is 0 Å². The van der Waals surface area contributed by atoms with Crippen LogP contribution in [0.4, 0.5) is 13.2 Å². The van der Waals surface area contributed by atoms with Gasteiger partial charge in [0.25, 0.3) is 0 Å². The Hall–Kier alpha value is -2.38. The Balaban J connectivity index is 1.89. The minimum absolute atomic E-state index is 0.182. The number of nitrogens with one attached hydrogen (secondary N) is 1. The number of carbonyl (C=O) groups is 1. The molecule has 0 saturated carbocycles. The van der Waals surface area contributed by atoms with Crippen LogP contribution in [0, 0.1) is 17.5 Å². The number of hydrogen-bond acceptors (Lipinski definition) is 3. The maximum Gasteiger partial charge on any atom is 0.222 e. The zero-order valence-electron chi connectivity index (χ0n) is 16.4. The number of ether oxygens (including phenoxy) is 2. The second-order valence-electron chi connectivity index (χ2n) is 7.63. The molecule has 2 aromatic rings. The minimum Gasteiger partial charge on any atom is -0.384 e. The van der Waals surface area contributed by atoms with Gasteiger partial charge in [0.2, 0.25) is 5.91 Å². The number of amides is 1. The van der Waals surface area contributed by atoms with E-state index in [1.165, 1.54) is 31.4 Å². The molecule has 1 fully saturated rings. The summed E-state index contributed by atoms with van der Waals surface area (Å²) in [6, 6.07) is 9.15. The highest BCUT2D eigenvalue weighted by Crippen LogP contribution is 2.44. The maximum atomic E-state index is 13.8. The van der Waals surface area contributed by atoms with Gasteiger partial charge in [-0.05, 0) is 42.3 Å². The van der Waals surface area contributed by atoms with Crippen molar-refractivity contribution in [3.63, 3.8) is 0 Å². The van der Waals surface area contributed by atoms with E-state index in [1.54, 1.807) is 12.1 Å². The standard InChI is InChI=1S/C22H24F3NO3/c1-22(26-21(27)7-8-28-2)12-19(14-3-5-16(23)6-4-14)29-20(13-22)15-9-17(24)11-18(25)10-15/h3-6,9-11,19-20H,7-8,12-13H2,1-2H3,(H,26,27)/t19-,20+,22-/m0/s1. The molecule has 1 heterocycles. The minimum atomic E-state index is -0.696. The van der Waals surface area contributed by atoms with E-state index in [9.17, 15) is 18.0 Å². The normalized spacial score (nSPS) is 24.3. The highest BCUT2D eigenvalue weighted by atomic mass is 19.1. The molecule has 0 aliphatic carbocycles. The zero-order chi connectivity index (χ0) is 21.0. The number of halogens is 3. The Kier molecular flexibility index (Phi) is 6.59. The molecule has 3 rings (SSSR count). The van der Waals surface area contributed by atoms with Gasteiger partial charge in [-0.3, -0.25) is 4.79 Å². The zero-order valence-corrected chi connectivity index (χ0v) is 16.4. The molecule has 7 heteroatoms. The Bertz CT molecular complexity index is 839. The predicted octanol–water partition coefficient (Wildman–Crippen LogP) is 4.61. The van der Waals surface area contributed by atoms with E-state index in [0.717, 1.165) is 11.6 Å². The molecule has 0 radical (unpaired) electrons. The van der Waals surface area contributed by atoms with Gasteiger partial charge in [-0.2, -0.15) is 0 Å². The third-order valence-electron chi connectivity index (χ3n) is 5.07. The van der Waals surface area contributed by atoms with Crippen molar-refractivity contribution >= 4 is 5.91 Å². The highest BCUT2D eigenvalue weighted by molar-refractivity contribution is 5.76. The van der Waals surface area contributed by atoms with E-state index >= 15 is 0 Å². The quantitative estimate of drug-likeness (QED) is 0.761. The molecule has 1 N–H and O–H groups in total. The van der Waals surface area contributed by atoms with Crippen molar-refractivity contribution in [1.82, 2.24) is 5.32 Å². The van der Waals surface area contributed by atoms with Crippen LogP contribution in [0.2, 0.25) is 0 Å². The van der Waals surface area contributed by atoms with Gasteiger partial charge in [-0.1, -0.05) is 12.1 Å². The fraction of sp³-hybridized carbons (Fsp3) is 0.409. The molecule has 1 saturated heterocycles. The Morgan fingerprint density at radius 3 is 2.21 bits per heavy atom.